The van der Waals surface area contributed by atoms with Crippen molar-refractivity contribution in [1.82, 2.24) is 10.3 Å². The fourth-order valence-electron chi connectivity index (χ4n) is 10.1. The lowest BCUT2D eigenvalue weighted by atomic mass is 9.38. The van der Waals surface area contributed by atoms with Crippen LogP contribution in [0.1, 0.15) is 98.6 Å². The van der Waals surface area contributed by atoms with Crippen LogP contribution in [0.25, 0.3) is 0 Å². The Morgan fingerprint density at radius 1 is 1.03 bits per heavy atom. The predicted octanol–water partition coefficient (Wildman–Crippen LogP) is 6.52. The van der Waals surface area contributed by atoms with Gasteiger partial charge in [-0.15, -0.1) is 0 Å². The fourth-order valence-corrected chi connectivity index (χ4v) is 10.1. The van der Waals surface area contributed by atoms with Crippen LogP contribution in [0.2, 0.25) is 0 Å². The van der Waals surface area contributed by atoms with Gasteiger partial charge in [0.05, 0.1) is 17.9 Å². The largest absolute Gasteiger partial charge is 0.393 e. The third kappa shape index (κ3) is 4.16. The summed E-state index contributed by atoms with van der Waals surface area (Å²) < 4.78 is 0. The van der Waals surface area contributed by atoms with E-state index >= 15 is 0 Å². The number of hydrogen-bond acceptors (Lipinski definition) is 4. The summed E-state index contributed by atoms with van der Waals surface area (Å²) in [6.07, 6.45) is 12.7. The SMILES string of the molecule is C[C@H](CCCNCc1ccccn1)[C@H]1CC[C@@]2(C)[C@@H]3CC=C4[C@@H](CC[C@H](O)C4(C)C)[C@]3(C)[C@H](O)C[C@]12C. The van der Waals surface area contributed by atoms with Crippen LogP contribution in [-0.2, 0) is 6.54 Å². The van der Waals surface area contributed by atoms with E-state index in [0.717, 1.165) is 44.5 Å². The van der Waals surface area contributed by atoms with Crippen molar-refractivity contribution in [3.8, 4) is 0 Å². The van der Waals surface area contributed by atoms with E-state index in [9.17, 15) is 10.2 Å². The Bertz CT molecular complexity index is 991. The average Bonchev–Trinajstić information content (AvgIpc) is 3.13. The number of pyridine rings is 1. The highest BCUT2D eigenvalue weighted by Crippen LogP contribution is 2.74. The molecule has 37 heavy (non-hydrogen) atoms. The van der Waals surface area contributed by atoms with Gasteiger partial charge in [-0.25, -0.2) is 0 Å². The van der Waals surface area contributed by atoms with E-state index in [0.29, 0.717) is 23.7 Å². The summed E-state index contributed by atoms with van der Waals surface area (Å²) >= 11 is 0. The van der Waals surface area contributed by atoms with Crippen LogP contribution in [0.3, 0.4) is 0 Å². The van der Waals surface area contributed by atoms with Gasteiger partial charge in [0.2, 0.25) is 0 Å². The molecule has 3 N–H and O–H groups in total. The van der Waals surface area contributed by atoms with Crippen molar-refractivity contribution in [2.24, 2.45) is 45.3 Å². The lowest BCUT2D eigenvalue weighted by Crippen LogP contribution is -2.64. The van der Waals surface area contributed by atoms with Gasteiger partial charge < -0.3 is 15.5 Å². The lowest BCUT2D eigenvalue weighted by molar-refractivity contribution is -0.204. The van der Waals surface area contributed by atoms with Gasteiger partial charge in [-0.2, -0.15) is 0 Å². The first-order valence-electron chi connectivity index (χ1n) is 15.1. The number of rotatable bonds is 7. The van der Waals surface area contributed by atoms with Crippen molar-refractivity contribution >= 4 is 0 Å². The second-order valence-corrected chi connectivity index (χ2v) is 14.5. The average molecular weight is 509 g/mol. The molecule has 4 heteroatoms. The van der Waals surface area contributed by atoms with Crippen LogP contribution in [0, 0.1) is 45.3 Å². The van der Waals surface area contributed by atoms with Gasteiger partial charge in [-0.1, -0.05) is 59.3 Å². The molecule has 0 amide bonds. The summed E-state index contributed by atoms with van der Waals surface area (Å²) in [5, 5.41) is 26.4. The predicted molar refractivity (Wildman–Crippen MR) is 151 cm³/mol. The highest BCUT2D eigenvalue weighted by Gasteiger charge is 2.70. The van der Waals surface area contributed by atoms with E-state index < -0.39 is 0 Å². The van der Waals surface area contributed by atoms with Crippen LogP contribution in [0.5, 0.6) is 0 Å². The van der Waals surface area contributed by atoms with Crippen LogP contribution < -0.4 is 5.32 Å². The van der Waals surface area contributed by atoms with Crippen molar-refractivity contribution < 1.29 is 10.2 Å². The minimum absolute atomic E-state index is 0.0940. The summed E-state index contributed by atoms with van der Waals surface area (Å²) in [7, 11) is 0. The third-order valence-electron chi connectivity index (χ3n) is 12.7. The Balaban J connectivity index is 1.29. The van der Waals surface area contributed by atoms with E-state index in [1.165, 1.54) is 31.3 Å². The number of aromatic nitrogens is 1. The van der Waals surface area contributed by atoms with Crippen molar-refractivity contribution in [3.05, 3.63) is 41.7 Å². The molecule has 4 aliphatic carbocycles. The van der Waals surface area contributed by atoms with E-state index in [4.69, 9.17) is 0 Å². The van der Waals surface area contributed by atoms with E-state index in [2.05, 4.69) is 70.1 Å². The van der Waals surface area contributed by atoms with E-state index in [1.54, 1.807) is 0 Å². The van der Waals surface area contributed by atoms with Crippen LogP contribution in [-0.4, -0.2) is 33.9 Å². The topological polar surface area (TPSA) is 65.4 Å². The molecule has 1 aromatic heterocycles. The van der Waals surface area contributed by atoms with Crippen molar-refractivity contribution in [1.29, 1.82) is 0 Å². The zero-order valence-corrected chi connectivity index (χ0v) is 24.3. The smallest absolute Gasteiger partial charge is 0.0628 e. The Labute approximate surface area is 225 Å². The molecule has 4 aliphatic rings. The molecule has 1 aromatic rings. The summed E-state index contributed by atoms with van der Waals surface area (Å²) in [6, 6.07) is 6.10. The molecule has 0 unspecified atom stereocenters. The highest BCUT2D eigenvalue weighted by atomic mass is 16.3. The maximum Gasteiger partial charge on any atom is 0.0628 e. The molecule has 3 fully saturated rings. The molecule has 5 rings (SSSR count). The van der Waals surface area contributed by atoms with Crippen LogP contribution in [0.4, 0.5) is 0 Å². The Kier molecular flexibility index (Phi) is 7.21. The number of hydrogen-bond donors (Lipinski definition) is 3. The minimum atomic E-state index is -0.275. The van der Waals surface area contributed by atoms with Crippen molar-refractivity contribution in [2.75, 3.05) is 6.54 Å². The number of aliphatic hydroxyl groups excluding tert-OH is 2. The van der Waals surface area contributed by atoms with Gasteiger partial charge in [0.25, 0.3) is 0 Å². The molecule has 0 spiro atoms. The standard InChI is InChI=1S/C33H52N2O2/c1-22(10-9-18-34-21-23-11-7-8-19-35-23)24-16-17-31(4)27-14-12-25-26(13-15-28(36)30(25,2)3)33(27,6)29(37)20-32(24,31)5/h7-8,11-12,19,22,24,26-29,34,36-37H,9-10,13-18,20-21H2,1-6H3/t22-,24-,26-,27+,28+,29-,31+,32-,33+/m1/s1. The number of nitrogens with one attached hydrogen (secondary N) is 1. The Morgan fingerprint density at radius 3 is 2.54 bits per heavy atom. The van der Waals surface area contributed by atoms with Gasteiger partial charge >= 0.3 is 0 Å². The molecule has 9 atom stereocenters. The summed E-state index contributed by atoms with van der Waals surface area (Å²) in [6.45, 7) is 16.3. The molecular formula is C33H52N2O2. The van der Waals surface area contributed by atoms with Crippen LogP contribution in [0.15, 0.2) is 36.0 Å². The third-order valence-corrected chi connectivity index (χ3v) is 12.7. The van der Waals surface area contributed by atoms with E-state index in [-0.39, 0.29) is 33.9 Å². The maximum atomic E-state index is 12.0. The Morgan fingerprint density at radius 2 is 1.81 bits per heavy atom. The molecule has 0 aliphatic heterocycles. The molecule has 4 nitrogen and oxygen atoms in total. The first-order valence-corrected chi connectivity index (χ1v) is 15.1. The summed E-state index contributed by atoms with van der Waals surface area (Å²) in [4.78, 5) is 4.42. The number of aliphatic hydroxyl groups is 2. The van der Waals surface area contributed by atoms with Gasteiger partial charge in [-0.05, 0) is 105 Å². The van der Waals surface area contributed by atoms with E-state index in [1.807, 2.05) is 12.3 Å². The maximum absolute atomic E-state index is 12.0. The lowest BCUT2D eigenvalue weighted by Gasteiger charge is -2.67. The minimum Gasteiger partial charge on any atom is -0.393 e. The van der Waals surface area contributed by atoms with Gasteiger partial charge in [0.15, 0.2) is 0 Å². The molecule has 206 valence electrons. The fraction of sp³-hybridized carbons (Fsp3) is 0.788. The van der Waals surface area contributed by atoms with Crippen molar-refractivity contribution in [2.45, 2.75) is 112 Å². The summed E-state index contributed by atoms with van der Waals surface area (Å²) in [5.74, 6) is 2.23. The summed E-state index contributed by atoms with van der Waals surface area (Å²) in [5.41, 5.74) is 2.68. The van der Waals surface area contributed by atoms with Crippen LogP contribution >= 0.6 is 0 Å². The second-order valence-electron chi connectivity index (χ2n) is 14.5. The zero-order valence-electron chi connectivity index (χ0n) is 24.3. The normalized spacial score (nSPS) is 43.4. The number of nitrogens with zero attached hydrogens (tertiary/aromatic N) is 1. The zero-order chi connectivity index (χ0) is 26.6. The first-order chi connectivity index (χ1) is 17.5. The first kappa shape index (κ1) is 27.3. The molecule has 0 saturated heterocycles. The second kappa shape index (κ2) is 9.75. The highest BCUT2D eigenvalue weighted by molar-refractivity contribution is 5.31. The number of allylic oxidation sites excluding steroid dienone is 1. The quantitative estimate of drug-likeness (QED) is 0.290. The van der Waals surface area contributed by atoms with Gasteiger partial charge in [0, 0.05) is 23.6 Å². The monoisotopic (exact) mass is 508 g/mol. The molecule has 0 radical (unpaired) electrons. The number of fused-ring (bicyclic) bond motifs is 5. The molecule has 3 saturated carbocycles. The van der Waals surface area contributed by atoms with Gasteiger partial charge in [-0.3, -0.25) is 4.98 Å². The van der Waals surface area contributed by atoms with Crippen molar-refractivity contribution in [3.63, 3.8) is 0 Å². The molecule has 0 aromatic carbocycles. The molecule has 1 heterocycles. The molecular weight excluding hydrogens is 456 g/mol. The molecule has 0 bridgehead atoms. The van der Waals surface area contributed by atoms with Gasteiger partial charge in [0.1, 0.15) is 0 Å². The Hall–Kier alpha value is -1.23.